The molecule has 1 amide bonds. The van der Waals surface area contributed by atoms with Crippen LogP contribution >= 0.6 is 0 Å². The van der Waals surface area contributed by atoms with Crippen molar-refractivity contribution >= 4 is 11.9 Å². The van der Waals surface area contributed by atoms with Crippen molar-refractivity contribution in [2.75, 3.05) is 6.54 Å². The minimum absolute atomic E-state index is 0.353. The molecule has 0 aromatic rings. The van der Waals surface area contributed by atoms with Gasteiger partial charge in [-0.25, -0.2) is 9.80 Å². The molecule has 11 heavy (non-hydrogen) atoms. The number of aliphatic carboxylic acids is 1. The number of hydrogen-bond donors (Lipinski definition) is 1. The summed E-state index contributed by atoms with van der Waals surface area (Å²) in [6, 6.07) is -1.32. The topological polar surface area (TPSA) is 82.3 Å². The maximum Gasteiger partial charge on any atom is 0.340 e. The van der Waals surface area contributed by atoms with Crippen molar-refractivity contribution < 1.29 is 14.7 Å². The number of carboxylic acids is 1. The number of likely N-dealkylation sites (N-methyl/N-ethyl adjacent to an activating group) is 1. The van der Waals surface area contributed by atoms with Crippen molar-refractivity contribution in [1.82, 2.24) is 5.01 Å². The molecule has 0 spiro atoms. The van der Waals surface area contributed by atoms with Crippen molar-refractivity contribution in [3.63, 3.8) is 0 Å². The zero-order valence-corrected chi connectivity index (χ0v) is 5.89. The van der Waals surface area contributed by atoms with Gasteiger partial charge >= 0.3 is 5.97 Å². The van der Waals surface area contributed by atoms with Crippen molar-refractivity contribution in [3.05, 3.63) is 0 Å². The van der Waals surface area contributed by atoms with Gasteiger partial charge in [0.25, 0.3) is 5.91 Å². The second kappa shape index (κ2) is 2.65. The Balaban J connectivity index is 2.71. The van der Waals surface area contributed by atoms with E-state index in [0.29, 0.717) is 6.54 Å². The minimum atomic E-state index is -1.32. The van der Waals surface area contributed by atoms with Crippen molar-refractivity contribution in [1.29, 1.82) is 0 Å². The summed E-state index contributed by atoms with van der Waals surface area (Å²) in [6.45, 7) is 2.05. The van der Waals surface area contributed by atoms with E-state index in [1.165, 1.54) is 0 Å². The lowest BCUT2D eigenvalue weighted by atomic mass is 10.3. The highest BCUT2D eigenvalue weighted by atomic mass is 16.4. The second-order valence-electron chi connectivity index (χ2n) is 2.00. The van der Waals surface area contributed by atoms with Crippen LogP contribution in [-0.2, 0) is 9.59 Å². The number of carbonyl (C=O) groups is 2. The van der Waals surface area contributed by atoms with Gasteiger partial charge in [0.05, 0.1) is 0 Å². The largest absolute Gasteiger partial charge is 0.479 e. The third kappa shape index (κ3) is 1.19. The van der Waals surface area contributed by atoms with Gasteiger partial charge in [0.15, 0.2) is 0 Å². The molecule has 1 atom stereocenters. The van der Waals surface area contributed by atoms with Crippen molar-refractivity contribution in [2.24, 2.45) is 10.3 Å². The maximum absolute atomic E-state index is 10.9. The summed E-state index contributed by atoms with van der Waals surface area (Å²) >= 11 is 0. The summed E-state index contributed by atoms with van der Waals surface area (Å²) in [5, 5.41) is 16.1. The summed E-state index contributed by atoms with van der Waals surface area (Å²) in [5.41, 5.74) is 0. The molecule has 0 fully saturated rings. The van der Waals surface area contributed by atoms with Crippen LogP contribution in [-0.4, -0.2) is 34.6 Å². The Morgan fingerprint density at radius 1 is 1.82 bits per heavy atom. The number of amides is 1. The minimum Gasteiger partial charge on any atom is -0.479 e. The number of carboxylic acid groups (broad SMARTS) is 1. The molecule has 1 aliphatic rings. The Labute approximate surface area is 62.5 Å². The van der Waals surface area contributed by atoms with Gasteiger partial charge < -0.3 is 5.11 Å². The van der Waals surface area contributed by atoms with Crippen LogP contribution in [0.25, 0.3) is 0 Å². The molecule has 0 saturated carbocycles. The average molecular weight is 157 g/mol. The molecule has 1 unspecified atom stereocenters. The van der Waals surface area contributed by atoms with E-state index >= 15 is 0 Å². The lowest BCUT2D eigenvalue weighted by Gasteiger charge is -2.05. The lowest BCUT2D eigenvalue weighted by molar-refractivity contribution is -0.144. The van der Waals surface area contributed by atoms with Gasteiger partial charge in [-0.1, -0.05) is 5.22 Å². The van der Waals surface area contributed by atoms with E-state index in [4.69, 9.17) is 5.11 Å². The molecule has 0 radical (unpaired) electrons. The SMILES string of the molecule is CCN1N=NC(C(=O)O)C1=O. The zero-order chi connectivity index (χ0) is 8.43. The Hall–Kier alpha value is -1.46. The highest BCUT2D eigenvalue weighted by Crippen LogP contribution is 2.09. The summed E-state index contributed by atoms with van der Waals surface area (Å²) in [4.78, 5) is 21.2. The fraction of sp³-hybridized carbons (Fsp3) is 0.600. The summed E-state index contributed by atoms with van der Waals surface area (Å²) in [7, 11) is 0. The molecule has 1 aliphatic heterocycles. The van der Waals surface area contributed by atoms with Gasteiger partial charge in [-0.2, -0.15) is 0 Å². The fourth-order valence-corrected chi connectivity index (χ4v) is 0.723. The third-order valence-corrected chi connectivity index (χ3v) is 1.30. The molecule has 0 saturated heterocycles. The van der Waals surface area contributed by atoms with Crippen LogP contribution < -0.4 is 0 Å². The van der Waals surface area contributed by atoms with Gasteiger partial charge in [-0.05, 0) is 6.92 Å². The monoisotopic (exact) mass is 157 g/mol. The summed E-state index contributed by atoms with van der Waals surface area (Å²) in [6.07, 6.45) is 0. The second-order valence-corrected chi connectivity index (χ2v) is 2.00. The molecule has 0 bridgehead atoms. The Kier molecular flexibility index (Phi) is 1.84. The number of rotatable bonds is 2. The van der Waals surface area contributed by atoms with E-state index in [1.54, 1.807) is 6.92 Å². The van der Waals surface area contributed by atoms with E-state index in [0.717, 1.165) is 5.01 Å². The zero-order valence-electron chi connectivity index (χ0n) is 5.89. The van der Waals surface area contributed by atoms with Crippen LogP contribution in [0.15, 0.2) is 10.3 Å². The van der Waals surface area contributed by atoms with Crippen molar-refractivity contribution in [3.8, 4) is 0 Å². The summed E-state index contributed by atoms with van der Waals surface area (Å²) < 4.78 is 0. The van der Waals surface area contributed by atoms with E-state index in [1.807, 2.05) is 0 Å². The number of nitrogens with zero attached hydrogens (tertiary/aromatic N) is 3. The van der Waals surface area contributed by atoms with Gasteiger partial charge in [-0.3, -0.25) is 4.79 Å². The molecule has 0 aliphatic carbocycles. The molecule has 6 heteroatoms. The van der Waals surface area contributed by atoms with Crippen LogP contribution in [0.5, 0.6) is 0 Å². The molecule has 1 rings (SSSR count). The first kappa shape index (κ1) is 7.64. The molecule has 1 N–H and O–H groups in total. The average Bonchev–Trinajstić information content (AvgIpc) is 2.30. The number of carbonyl (C=O) groups excluding carboxylic acids is 1. The third-order valence-electron chi connectivity index (χ3n) is 1.30. The molecular weight excluding hydrogens is 150 g/mol. The Morgan fingerprint density at radius 3 is 2.73 bits per heavy atom. The lowest BCUT2D eigenvalue weighted by Crippen LogP contribution is -2.33. The quantitative estimate of drug-likeness (QED) is 0.557. The Morgan fingerprint density at radius 2 is 2.45 bits per heavy atom. The standard InChI is InChI=1S/C5H7N3O3/c1-2-8-4(9)3(5(10)11)6-7-8/h3H,2H2,1H3,(H,10,11). The van der Waals surface area contributed by atoms with Gasteiger partial charge in [0.1, 0.15) is 0 Å². The van der Waals surface area contributed by atoms with Crippen LogP contribution in [0.2, 0.25) is 0 Å². The first-order valence-corrected chi connectivity index (χ1v) is 3.11. The number of hydrogen-bond acceptors (Lipinski definition) is 4. The van der Waals surface area contributed by atoms with E-state index in [9.17, 15) is 9.59 Å². The predicted molar refractivity (Wildman–Crippen MR) is 33.7 cm³/mol. The predicted octanol–water partition coefficient (Wildman–Crippen LogP) is -0.331. The fourth-order valence-electron chi connectivity index (χ4n) is 0.723. The van der Waals surface area contributed by atoms with Crippen LogP contribution in [0.4, 0.5) is 0 Å². The molecule has 0 aromatic carbocycles. The van der Waals surface area contributed by atoms with Crippen LogP contribution in [0.1, 0.15) is 6.92 Å². The van der Waals surface area contributed by atoms with Gasteiger partial charge in [0.2, 0.25) is 6.04 Å². The molecule has 60 valence electrons. The van der Waals surface area contributed by atoms with E-state index < -0.39 is 17.9 Å². The molecular formula is C5H7N3O3. The van der Waals surface area contributed by atoms with E-state index in [2.05, 4.69) is 10.3 Å². The van der Waals surface area contributed by atoms with Gasteiger partial charge in [0, 0.05) is 6.54 Å². The smallest absolute Gasteiger partial charge is 0.340 e. The maximum atomic E-state index is 10.9. The van der Waals surface area contributed by atoms with Crippen molar-refractivity contribution in [2.45, 2.75) is 13.0 Å². The highest BCUT2D eigenvalue weighted by Gasteiger charge is 2.35. The van der Waals surface area contributed by atoms with Crippen LogP contribution in [0.3, 0.4) is 0 Å². The Bertz CT molecular complexity index is 225. The first-order chi connectivity index (χ1) is 5.16. The normalized spacial score (nSPS) is 22.8. The highest BCUT2D eigenvalue weighted by molar-refractivity contribution is 6.01. The first-order valence-electron chi connectivity index (χ1n) is 3.11. The van der Waals surface area contributed by atoms with Gasteiger partial charge in [-0.15, -0.1) is 5.11 Å². The molecule has 1 heterocycles. The molecule has 0 aromatic heterocycles. The van der Waals surface area contributed by atoms with Crippen LogP contribution in [0, 0.1) is 0 Å². The molecule has 6 nitrogen and oxygen atoms in total. The summed E-state index contributed by atoms with van der Waals surface area (Å²) in [5.74, 6) is -1.82. The van der Waals surface area contributed by atoms with E-state index in [-0.39, 0.29) is 0 Å².